The lowest BCUT2D eigenvalue weighted by atomic mass is 9.85. The van der Waals surface area contributed by atoms with Gasteiger partial charge in [0.2, 0.25) is 53.2 Å². The summed E-state index contributed by atoms with van der Waals surface area (Å²) in [7, 11) is 0. The molecule has 31 nitrogen and oxygen atoms in total. The minimum absolute atomic E-state index is 0.0232. The number of thioether (sulfide) groups is 2. The SMILES string of the molecule is CC(C)C[C@@H]1CC(=O)[C@@H]2CSCc3ccc(cc3)CSC[C@H](CC(=O)[C@H](CCC(N)=O)NC(=O)[C@H](CC(C)C)NC(=O)[C@@H]3CCCN3C1=O)C(=O)C[C@@H](CC(=O)O)C(=O)N[C@@H](CCC(=O)O)C(=O)N[C@@H](CCC(=O)O)C(=O)N[C@@H]([C@@H](C)O)C(=O)NCC(=O)N[C@@H](CCC(=O)O)C(=O)C2. The number of amides is 9. The molecule has 9 amide bonds. The number of fused-ring (bicyclic) bond motifs is 11. The van der Waals surface area contributed by atoms with Gasteiger partial charge in [-0.2, -0.15) is 23.5 Å². The molecule has 1 fully saturated rings. The molecule has 1 saturated heterocycles. The van der Waals surface area contributed by atoms with Crippen LogP contribution in [0.15, 0.2) is 24.3 Å². The Morgan fingerprint density at radius 2 is 0.949 bits per heavy atom. The van der Waals surface area contributed by atoms with Crippen molar-refractivity contribution >= 4 is 124 Å². The van der Waals surface area contributed by atoms with Gasteiger partial charge in [0.1, 0.15) is 41.8 Å². The number of benzene rings is 1. The average Bonchev–Trinajstić information content (AvgIpc) is 1.61. The molecule has 4 bridgehead atoms. The summed E-state index contributed by atoms with van der Waals surface area (Å²) in [6.07, 6.45) is -10.2. The minimum Gasteiger partial charge on any atom is -0.481 e. The van der Waals surface area contributed by atoms with Crippen molar-refractivity contribution in [1.29, 1.82) is 0 Å². The van der Waals surface area contributed by atoms with E-state index in [0.717, 1.165) is 24.2 Å². The van der Waals surface area contributed by atoms with E-state index in [1.165, 1.54) is 16.7 Å². The largest absolute Gasteiger partial charge is 0.481 e. The Labute approximate surface area is 575 Å². The lowest BCUT2D eigenvalue weighted by Crippen LogP contribution is -2.59. The van der Waals surface area contributed by atoms with Crippen LogP contribution in [0.4, 0.5) is 0 Å². The van der Waals surface area contributed by atoms with Crippen LogP contribution in [-0.2, 0) is 93.0 Å². The van der Waals surface area contributed by atoms with Crippen LogP contribution >= 0.6 is 23.5 Å². The molecule has 4 aliphatic rings. The number of rotatable bonds is 19. The summed E-state index contributed by atoms with van der Waals surface area (Å²) in [5.41, 5.74) is 6.97. The molecule has 4 heterocycles. The second-order valence-electron chi connectivity index (χ2n) is 26.0. The van der Waals surface area contributed by atoms with Gasteiger partial charge in [-0.3, -0.25) is 81.5 Å². The van der Waals surface area contributed by atoms with E-state index in [9.17, 15) is 107 Å². The van der Waals surface area contributed by atoms with Gasteiger partial charge in [0, 0.05) is 98.7 Å². The van der Waals surface area contributed by atoms with Crippen molar-refractivity contribution in [3.05, 3.63) is 35.4 Å². The Hall–Kier alpha value is -8.33. The Kier molecular flexibility index (Phi) is 34.0. The number of aliphatic hydroxyl groups is 1. The lowest BCUT2D eigenvalue weighted by molar-refractivity contribution is -0.144. The highest BCUT2D eigenvalue weighted by atomic mass is 32.2. The standard InChI is InChI=1S/C65H93N9O22S2/c1-33(2)21-39-24-49(77)41-25-50(78)42(13-17-54(82)83)68-53(81)28-67-64(95)58(35(5)75)73-61(92)45(15-19-56(86)87)71-60(91)44(14-18-55(84)85)70-59(90)38(27-57(88)89)23-48(76)40(31-97-29-36-8-10-37(11-9-36)30-98-32-41)26-51(79)43(12-16-52(66)80)69-62(93)46(22-34(3)4)72-63(94)47-7-6-20-74(47)65(39)96/h8-11,33-35,38-47,58,75H,6-7,12-32H2,1-5H3,(H2,66,80)(H,67,95)(H,68,81)(H,69,93)(H,70,90)(H,71,91)(H,72,94)(H,73,92)(H,82,83)(H,84,85)(H,86,87)(H,88,89)/t35-,38+,39-,40+,41+,42+,43+,44+,45+,46+,47+,58+/m1/s1. The van der Waals surface area contributed by atoms with Crippen LogP contribution in [0.25, 0.3) is 0 Å². The van der Waals surface area contributed by atoms with Crippen LogP contribution in [0.5, 0.6) is 0 Å². The van der Waals surface area contributed by atoms with E-state index in [-0.39, 0.29) is 60.7 Å². The fourth-order valence-electron chi connectivity index (χ4n) is 11.6. The fraction of sp³-hybridized carbons (Fsp3) is 0.646. The van der Waals surface area contributed by atoms with Crippen molar-refractivity contribution in [3.63, 3.8) is 0 Å². The van der Waals surface area contributed by atoms with E-state index in [2.05, 4.69) is 37.2 Å². The van der Waals surface area contributed by atoms with Gasteiger partial charge in [-0.1, -0.05) is 52.0 Å². The molecular weight excluding hydrogens is 1320 g/mol. The number of Topliss-reactive ketones (excluding diaryl/α,β-unsaturated/α-hetero) is 4. The highest BCUT2D eigenvalue weighted by Crippen LogP contribution is 2.31. The molecule has 1 aromatic rings. The first kappa shape index (κ1) is 82.1. The number of nitrogens with two attached hydrogens (primary N) is 1. The van der Waals surface area contributed by atoms with Crippen LogP contribution in [0.2, 0.25) is 0 Å². The Morgan fingerprint density at radius 3 is 1.43 bits per heavy atom. The van der Waals surface area contributed by atoms with Gasteiger partial charge < -0.3 is 73.4 Å². The monoisotopic (exact) mass is 1420 g/mol. The maximum absolute atomic E-state index is 14.9. The van der Waals surface area contributed by atoms with Crippen LogP contribution < -0.4 is 43.0 Å². The molecule has 1 aromatic carbocycles. The fourth-order valence-corrected chi connectivity index (χ4v) is 13.8. The average molecular weight is 1420 g/mol. The minimum atomic E-state index is -1.99. The first-order valence-electron chi connectivity index (χ1n) is 32.7. The number of carbonyl (C=O) groups is 17. The maximum atomic E-state index is 14.9. The highest BCUT2D eigenvalue weighted by Gasteiger charge is 2.42. The molecule has 0 unspecified atom stereocenters. The van der Waals surface area contributed by atoms with Gasteiger partial charge in [0.15, 0.2) is 11.6 Å². The topological polar surface area (TPSA) is 505 Å². The summed E-state index contributed by atoms with van der Waals surface area (Å²) < 4.78 is 0. The second kappa shape index (κ2) is 40.5. The number of hydrogen-bond donors (Lipinski definition) is 13. The number of primary amides is 1. The summed E-state index contributed by atoms with van der Waals surface area (Å²) in [5, 5.41) is 66.5. The highest BCUT2D eigenvalue weighted by molar-refractivity contribution is 7.98. The molecule has 542 valence electrons. The van der Waals surface area contributed by atoms with Gasteiger partial charge >= 0.3 is 23.9 Å². The molecule has 98 heavy (non-hydrogen) atoms. The van der Waals surface area contributed by atoms with E-state index < -0.39 is 262 Å². The number of hydrogen-bond acceptors (Lipinski definition) is 20. The number of carboxylic acid groups (broad SMARTS) is 4. The smallest absolute Gasteiger partial charge is 0.304 e. The third-order valence-electron chi connectivity index (χ3n) is 16.8. The lowest BCUT2D eigenvalue weighted by Gasteiger charge is -2.31. The predicted octanol–water partition coefficient (Wildman–Crippen LogP) is 0.305. The summed E-state index contributed by atoms with van der Waals surface area (Å²) in [5.74, 6) is -24.3. The Balaban J connectivity index is 1.99. The van der Waals surface area contributed by atoms with Crippen molar-refractivity contribution in [1.82, 2.24) is 42.1 Å². The normalized spacial score (nSPS) is 26.2. The van der Waals surface area contributed by atoms with E-state index in [1.807, 2.05) is 13.8 Å². The van der Waals surface area contributed by atoms with Crippen LogP contribution in [0, 0.1) is 35.5 Å². The van der Waals surface area contributed by atoms with Gasteiger partial charge in [-0.05, 0) is 81.3 Å². The summed E-state index contributed by atoms with van der Waals surface area (Å²) in [4.78, 5) is 235. The molecule has 0 spiro atoms. The van der Waals surface area contributed by atoms with Gasteiger partial charge in [-0.15, -0.1) is 0 Å². The molecule has 0 aliphatic carbocycles. The van der Waals surface area contributed by atoms with Crippen molar-refractivity contribution < 1.29 is 107 Å². The van der Waals surface area contributed by atoms with Crippen LogP contribution in [0.1, 0.15) is 155 Å². The molecular formula is C65H93N9O22S2. The first-order valence-corrected chi connectivity index (χ1v) is 35.0. The maximum Gasteiger partial charge on any atom is 0.304 e. The van der Waals surface area contributed by atoms with Gasteiger partial charge in [0.25, 0.3) is 0 Å². The van der Waals surface area contributed by atoms with Crippen molar-refractivity contribution in [2.24, 2.45) is 41.2 Å². The summed E-state index contributed by atoms with van der Waals surface area (Å²) in [6.45, 7) is 7.25. The zero-order valence-electron chi connectivity index (χ0n) is 55.7. The molecule has 4 aliphatic heterocycles. The third-order valence-corrected chi connectivity index (χ3v) is 19.1. The number of carbonyl (C=O) groups excluding carboxylic acids is 13. The zero-order valence-corrected chi connectivity index (χ0v) is 57.3. The van der Waals surface area contributed by atoms with Crippen LogP contribution in [0.3, 0.4) is 0 Å². The molecule has 14 N–H and O–H groups in total. The number of nitrogens with zero attached hydrogens (tertiary/aromatic N) is 1. The molecule has 0 aromatic heterocycles. The molecule has 33 heteroatoms. The number of ketones is 4. The molecule has 0 saturated carbocycles. The molecule has 0 radical (unpaired) electrons. The Morgan fingerprint density at radius 1 is 0.510 bits per heavy atom. The second-order valence-corrected chi connectivity index (χ2v) is 28.0. The molecule has 12 atom stereocenters. The number of aliphatic carboxylic acids is 4. The van der Waals surface area contributed by atoms with E-state index in [1.54, 1.807) is 38.1 Å². The number of aliphatic hydroxyl groups excluding tert-OH is 1. The molecule has 5 rings (SSSR count). The zero-order chi connectivity index (χ0) is 73.1. The van der Waals surface area contributed by atoms with E-state index in [4.69, 9.17) is 5.73 Å². The quantitative estimate of drug-likeness (QED) is 0.0886. The van der Waals surface area contributed by atoms with Crippen LogP contribution in [-0.4, -0.2) is 204 Å². The summed E-state index contributed by atoms with van der Waals surface area (Å²) >= 11 is 2.39. The number of carboxylic acids is 4. The summed E-state index contributed by atoms with van der Waals surface area (Å²) in [6, 6.07) is -4.57. The Bertz CT molecular complexity index is 3090. The van der Waals surface area contributed by atoms with E-state index in [0.29, 0.717) is 12.0 Å². The third kappa shape index (κ3) is 28.3. The van der Waals surface area contributed by atoms with Gasteiger partial charge in [0.05, 0.1) is 37.1 Å². The van der Waals surface area contributed by atoms with Crippen molar-refractivity contribution in [3.8, 4) is 0 Å². The van der Waals surface area contributed by atoms with E-state index >= 15 is 0 Å². The van der Waals surface area contributed by atoms with Gasteiger partial charge in [-0.25, -0.2) is 0 Å². The predicted molar refractivity (Wildman–Crippen MR) is 352 cm³/mol. The number of nitrogens with one attached hydrogen (secondary N) is 7. The first-order chi connectivity index (χ1) is 46.1. The van der Waals surface area contributed by atoms with Crippen molar-refractivity contribution in [2.45, 2.75) is 204 Å². The van der Waals surface area contributed by atoms with Crippen molar-refractivity contribution in [2.75, 3.05) is 24.6 Å².